The highest BCUT2D eigenvalue weighted by atomic mass is 16.4. The van der Waals surface area contributed by atoms with Crippen molar-refractivity contribution in [2.45, 2.75) is 31.3 Å². The monoisotopic (exact) mass is 182 g/mol. The third-order valence-electron chi connectivity index (χ3n) is 2.64. The van der Waals surface area contributed by atoms with Gasteiger partial charge in [0, 0.05) is 18.3 Å². The van der Waals surface area contributed by atoms with E-state index in [1.54, 1.807) is 0 Å². The molecule has 2 aliphatic rings. The molecule has 1 aliphatic heterocycles. The molecule has 0 radical (unpaired) electrons. The Morgan fingerprint density at radius 1 is 1.62 bits per heavy atom. The highest BCUT2D eigenvalue weighted by Crippen LogP contribution is 2.19. The molecule has 4 heteroatoms. The molecule has 0 bridgehead atoms. The van der Waals surface area contributed by atoms with Gasteiger partial charge in [0.05, 0.1) is 0 Å². The average Bonchev–Trinajstić information content (AvgIpc) is 2.17. The maximum absolute atomic E-state index is 10.7. The first-order valence-electron chi connectivity index (χ1n) is 4.70. The van der Waals surface area contributed by atoms with Crippen LogP contribution >= 0.6 is 0 Å². The molecule has 0 spiro atoms. The topological polar surface area (TPSA) is 61.4 Å². The van der Waals surface area contributed by atoms with E-state index >= 15 is 0 Å². The van der Waals surface area contributed by atoms with E-state index in [4.69, 9.17) is 5.11 Å². The van der Waals surface area contributed by atoms with Gasteiger partial charge in [-0.15, -0.1) is 0 Å². The highest BCUT2D eigenvalue weighted by molar-refractivity contribution is 5.74. The molecule has 3 N–H and O–H groups in total. The quantitative estimate of drug-likeness (QED) is 0.537. The number of hydrogen-bond donors (Lipinski definition) is 3. The molecular formula is C9H14N2O2. The number of carbonyl (C=O) groups is 1. The lowest BCUT2D eigenvalue weighted by molar-refractivity contribution is -0.139. The minimum absolute atomic E-state index is 0.365. The van der Waals surface area contributed by atoms with Gasteiger partial charge in [0.15, 0.2) is 0 Å². The van der Waals surface area contributed by atoms with Crippen LogP contribution < -0.4 is 10.6 Å². The van der Waals surface area contributed by atoms with Crippen molar-refractivity contribution in [1.82, 2.24) is 10.6 Å². The molecular weight excluding hydrogens is 168 g/mol. The number of carboxylic acid groups (broad SMARTS) is 1. The molecule has 0 aromatic heterocycles. The van der Waals surface area contributed by atoms with Gasteiger partial charge >= 0.3 is 5.97 Å². The summed E-state index contributed by atoms with van der Waals surface area (Å²) in [5, 5.41) is 15.1. The number of nitrogens with one attached hydrogen (secondary N) is 2. The van der Waals surface area contributed by atoms with E-state index in [0.29, 0.717) is 12.6 Å². The maximum Gasteiger partial charge on any atom is 0.327 e. The van der Waals surface area contributed by atoms with Crippen LogP contribution in [0.25, 0.3) is 0 Å². The number of carboxylic acids is 1. The van der Waals surface area contributed by atoms with Gasteiger partial charge < -0.3 is 15.7 Å². The number of allylic oxidation sites excluding steroid dienone is 1. The van der Waals surface area contributed by atoms with Crippen molar-refractivity contribution in [2.24, 2.45) is 0 Å². The molecule has 2 rings (SSSR count). The molecule has 2 atom stereocenters. The summed E-state index contributed by atoms with van der Waals surface area (Å²) >= 11 is 0. The van der Waals surface area contributed by atoms with Crippen molar-refractivity contribution in [3.05, 3.63) is 11.8 Å². The zero-order chi connectivity index (χ0) is 9.26. The van der Waals surface area contributed by atoms with Gasteiger partial charge in [-0.05, 0) is 19.3 Å². The number of fused-ring (bicyclic) bond motifs is 1. The van der Waals surface area contributed by atoms with Crippen molar-refractivity contribution < 1.29 is 9.90 Å². The minimum Gasteiger partial charge on any atom is -0.480 e. The molecule has 0 aromatic carbocycles. The summed E-state index contributed by atoms with van der Waals surface area (Å²) in [5.41, 5.74) is 1.07. The smallest absolute Gasteiger partial charge is 0.327 e. The third kappa shape index (κ3) is 1.67. The minimum atomic E-state index is -0.780. The Labute approximate surface area is 77.0 Å². The third-order valence-corrected chi connectivity index (χ3v) is 2.64. The number of hydrogen-bond acceptors (Lipinski definition) is 3. The Kier molecular flexibility index (Phi) is 2.22. The lowest BCUT2D eigenvalue weighted by Crippen LogP contribution is -2.56. The van der Waals surface area contributed by atoms with Gasteiger partial charge in [0.1, 0.15) is 6.04 Å². The fraction of sp³-hybridized carbons (Fsp3) is 0.667. The standard InChI is InChI=1S/C9H14N2O2/c12-9(13)8-5-10-6-3-1-2-4-7(6)11-8/h4,6,8,10-11H,1-3,5H2,(H,12,13). The zero-order valence-electron chi connectivity index (χ0n) is 7.42. The van der Waals surface area contributed by atoms with E-state index < -0.39 is 12.0 Å². The average molecular weight is 182 g/mol. The van der Waals surface area contributed by atoms with Crippen LogP contribution in [0.3, 0.4) is 0 Å². The lowest BCUT2D eigenvalue weighted by atomic mass is 9.96. The van der Waals surface area contributed by atoms with Gasteiger partial charge in [-0.25, -0.2) is 4.79 Å². The Morgan fingerprint density at radius 2 is 2.46 bits per heavy atom. The Bertz CT molecular complexity index is 250. The van der Waals surface area contributed by atoms with Gasteiger partial charge in [0.2, 0.25) is 0 Å². The summed E-state index contributed by atoms with van der Waals surface area (Å²) in [4.78, 5) is 10.7. The molecule has 0 saturated carbocycles. The SMILES string of the molecule is O=C(O)C1CNC2CCCC=C2N1. The largest absolute Gasteiger partial charge is 0.480 e. The van der Waals surface area contributed by atoms with Crippen molar-refractivity contribution in [3.63, 3.8) is 0 Å². The number of rotatable bonds is 1. The molecule has 13 heavy (non-hydrogen) atoms. The molecule has 0 amide bonds. The van der Waals surface area contributed by atoms with E-state index in [1.165, 1.54) is 6.42 Å². The van der Waals surface area contributed by atoms with Gasteiger partial charge in [0.25, 0.3) is 0 Å². The van der Waals surface area contributed by atoms with Crippen LogP contribution in [0, 0.1) is 0 Å². The summed E-state index contributed by atoms with van der Waals surface area (Å²) < 4.78 is 0. The molecule has 1 fully saturated rings. The van der Waals surface area contributed by atoms with E-state index in [-0.39, 0.29) is 0 Å². The first kappa shape index (κ1) is 8.56. The van der Waals surface area contributed by atoms with Gasteiger partial charge in [-0.1, -0.05) is 6.08 Å². The predicted molar refractivity (Wildman–Crippen MR) is 48.3 cm³/mol. The predicted octanol–water partition coefficient (Wildman–Crippen LogP) is 0.0688. The summed E-state index contributed by atoms with van der Waals surface area (Å²) in [6.07, 6.45) is 5.48. The summed E-state index contributed by atoms with van der Waals surface area (Å²) in [5.74, 6) is -0.780. The number of piperazine rings is 1. The van der Waals surface area contributed by atoms with Crippen LogP contribution in [0.4, 0.5) is 0 Å². The summed E-state index contributed by atoms with van der Waals surface area (Å²) in [6.45, 7) is 0.525. The highest BCUT2D eigenvalue weighted by Gasteiger charge is 2.28. The second-order valence-electron chi connectivity index (χ2n) is 3.59. The van der Waals surface area contributed by atoms with Crippen molar-refractivity contribution >= 4 is 5.97 Å². The summed E-state index contributed by atoms with van der Waals surface area (Å²) in [7, 11) is 0. The van der Waals surface area contributed by atoms with Crippen LogP contribution in [-0.4, -0.2) is 29.7 Å². The molecule has 72 valence electrons. The fourth-order valence-electron chi connectivity index (χ4n) is 1.91. The van der Waals surface area contributed by atoms with Gasteiger partial charge in [-0.3, -0.25) is 0 Å². The summed E-state index contributed by atoms with van der Waals surface area (Å²) in [6, 6.07) is -0.0926. The van der Waals surface area contributed by atoms with Crippen LogP contribution in [0.15, 0.2) is 11.8 Å². The van der Waals surface area contributed by atoms with Crippen molar-refractivity contribution in [3.8, 4) is 0 Å². The van der Waals surface area contributed by atoms with Crippen molar-refractivity contribution in [1.29, 1.82) is 0 Å². The van der Waals surface area contributed by atoms with E-state index in [1.807, 2.05) is 0 Å². The normalized spacial score (nSPS) is 32.8. The van der Waals surface area contributed by atoms with Crippen LogP contribution in [0.5, 0.6) is 0 Å². The molecule has 1 heterocycles. The lowest BCUT2D eigenvalue weighted by Gasteiger charge is -2.34. The zero-order valence-corrected chi connectivity index (χ0v) is 7.42. The fourth-order valence-corrected chi connectivity index (χ4v) is 1.91. The van der Waals surface area contributed by atoms with E-state index in [0.717, 1.165) is 18.5 Å². The van der Waals surface area contributed by atoms with Gasteiger partial charge in [-0.2, -0.15) is 0 Å². The van der Waals surface area contributed by atoms with Crippen molar-refractivity contribution in [2.75, 3.05) is 6.54 Å². The maximum atomic E-state index is 10.7. The van der Waals surface area contributed by atoms with E-state index in [2.05, 4.69) is 16.7 Å². The molecule has 1 aliphatic carbocycles. The van der Waals surface area contributed by atoms with Crippen LogP contribution in [-0.2, 0) is 4.79 Å². The first-order chi connectivity index (χ1) is 6.27. The Balaban J connectivity index is 2.06. The second kappa shape index (κ2) is 3.38. The molecule has 0 aromatic rings. The Hall–Kier alpha value is -1.03. The Morgan fingerprint density at radius 3 is 3.23 bits per heavy atom. The van der Waals surface area contributed by atoms with Crippen LogP contribution in [0.1, 0.15) is 19.3 Å². The number of aliphatic carboxylic acids is 1. The first-order valence-corrected chi connectivity index (χ1v) is 4.70. The molecule has 1 saturated heterocycles. The molecule has 4 nitrogen and oxygen atoms in total. The second-order valence-corrected chi connectivity index (χ2v) is 3.59. The van der Waals surface area contributed by atoms with E-state index in [9.17, 15) is 4.79 Å². The van der Waals surface area contributed by atoms with Crippen LogP contribution in [0.2, 0.25) is 0 Å². The molecule has 2 unspecified atom stereocenters.